The molecule has 1 saturated carbocycles. The van der Waals surface area contributed by atoms with E-state index in [0.29, 0.717) is 0 Å². The number of benzene rings is 2. The van der Waals surface area contributed by atoms with Gasteiger partial charge in [0.1, 0.15) is 5.82 Å². The molecule has 4 nitrogen and oxygen atoms in total. The van der Waals surface area contributed by atoms with E-state index < -0.39 is 20.5 Å². The van der Waals surface area contributed by atoms with Crippen LogP contribution < -0.4 is 5.73 Å². The van der Waals surface area contributed by atoms with Gasteiger partial charge in [0.2, 0.25) is 0 Å². The summed E-state index contributed by atoms with van der Waals surface area (Å²) in [6.45, 7) is 0.419. The number of nitrogens with two attached hydrogens (primary N) is 1. The third-order valence-electron chi connectivity index (χ3n) is 4.81. The van der Waals surface area contributed by atoms with Crippen molar-refractivity contribution in [2.24, 2.45) is 11.1 Å². The highest BCUT2D eigenvalue weighted by Crippen LogP contribution is 2.63. The first-order valence-electron chi connectivity index (χ1n) is 7.71. The minimum Gasteiger partial charge on any atom is -0.384 e. The summed E-state index contributed by atoms with van der Waals surface area (Å²) < 4.78 is 44.7. The number of rotatable bonds is 6. The van der Waals surface area contributed by atoms with Gasteiger partial charge in [-0.3, -0.25) is 0 Å². The average Bonchev–Trinajstić information content (AvgIpc) is 3.26. The van der Waals surface area contributed by atoms with E-state index in [1.165, 1.54) is 19.2 Å². The summed E-state index contributed by atoms with van der Waals surface area (Å²) in [4.78, 5) is 0.272. The largest absolute Gasteiger partial charge is 0.384 e. The lowest BCUT2D eigenvalue weighted by Crippen LogP contribution is -2.28. The van der Waals surface area contributed by atoms with Crippen molar-refractivity contribution in [3.05, 3.63) is 66.0 Å². The van der Waals surface area contributed by atoms with E-state index >= 15 is 0 Å². The maximum Gasteiger partial charge on any atom is 0.182 e. The van der Waals surface area contributed by atoms with Gasteiger partial charge >= 0.3 is 0 Å². The topological polar surface area (TPSA) is 69.4 Å². The van der Waals surface area contributed by atoms with Gasteiger partial charge in [0.15, 0.2) is 9.84 Å². The highest BCUT2D eigenvalue weighted by molar-refractivity contribution is 7.92. The van der Waals surface area contributed by atoms with Crippen LogP contribution in [0.2, 0.25) is 0 Å². The zero-order valence-electron chi connectivity index (χ0n) is 13.4. The number of ether oxygens (including phenoxy) is 1. The molecule has 2 aromatic rings. The molecule has 3 rings (SSSR count). The minimum atomic E-state index is -3.57. The molecule has 6 heteroatoms. The monoisotopic (exact) mass is 349 g/mol. The summed E-state index contributed by atoms with van der Waals surface area (Å²) >= 11 is 0. The second-order valence-electron chi connectivity index (χ2n) is 6.18. The molecule has 0 heterocycles. The molecule has 0 bridgehead atoms. The normalized spacial score (nSPS) is 26.3. The standard InChI is InChI=1S/C18H20FNO3S/c1-23-12-18(11-20)16(13-7-9-14(19)10-8-13)17(18)24(21,22)15-5-3-2-4-6-15/h2-10,16-17H,11-12,20H2,1H3/t16-,17+,18+/m0/s1. The number of hydrogen-bond acceptors (Lipinski definition) is 4. The van der Waals surface area contributed by atoms with Crippen LogP contribution in [0.1, 0.15) is 11.5 Å². The third-order valence-corrected chi connectivity index (χ3v) is 7.15. The number of methoxy groups -OCH3 is 1. The molecule has 2 aromatic carbocycles. The molecule has 0 amide bonds. The Kier molecular flexibility index (Phi) is 4.46. The summed E-state index contributed by atoms with van der Waals surface area (Å²) in [5.74, 6) is -0.666. The smallest absolute Gasteiger partial charge is 0.182 e. The molecule has 1 aliphatic rings. The molecule has 0 aromatic heterocycles. The maximum absolute atomic E-state index is 13.2. The van der Waals surface area contributed by atoms with Crippen LogP contribution in [-0.2, 0) is 14.6 Å². The lowest BCUT2D eigenvalue weighted by molar-refractivity contribution is 0.142. The first-order chi connectivity index (χ1) is 11.5. The van der Waals surface area contributed by atoms with Crippen LogP contribution in [0.25, 0.3) is 0 Å². The Morgan fingerprint density at radius 3 is 2.29 bits per heavy atom. The Balaban J connectivity index is 2.05. The Labute approximate surface area is 141 Å². The molecule has 1 aliphatic carbocycles. The fourth-order valence-corrected chi connectivity index (χ4v) is 6.08. The van der Waals surface area contributed by atoms with Gasteiger partial charge in [0.05, 0.1) is 16.8 Å². The van der Waals surface area contributed by atoms with E-state index in [1.54, 1.807) is 42.5 Å². The zero-order chi connectivity index (χ0) is 17.4. The maximum atomic E-state index is 13.2. The lowest BCUT2D eigenvalue weighted by Gasteiger charge is -2.14. The van der Waals surface area contributed by atoms with Crippen molar-refractivity contribution in [1.29, 1.82) is 0 Å². The molecule has 1 fully saturated rings. The second kappa shape index (κ2) is 6.27. The van der Waals surface area contributed by atoms with Crippen molar-refractivity contribution < 1.29 is 17.5 Å². The van der Waals surface area contributed by atoms with Crippen molar-refractivity contribution in [2.45, 2.75) is 16.1 Å². The van der Waals surface area contributed by atoms with Crippen LogP contribution in [0.4, 0.5) is 4.39 Å². The highest BCUT2D eigenvalue weighted by atomic mass is 32.2. The second-order valence-corrected chi connectivity index (χ2v) is 8.25. The van der Waals surface area contributed by atoms with Crippen LogP contribution in [0, 0.1) is 11.2 Å². The van der Waals surface area contributed by atoms with Crippen molar-refractivity contribution in [3.63, 3.8) is 0 Å². The van der Waals surface area contributed by atoms with E-state index in [-0.39, 0.29) is 29.8 Å². The molecule has 128 valence electrons. The molecule has 0 radical (unpaired) electrons. The molecule has 0 aliphatic heterocycles. The number of halogens is 1. The molecule has 24 heavy (non-hydrogen) atoms. The van der Waals surface area contributed by atoms with Crippen LogP contribution in [0.3, 0.4) is 0 Å². The lowest BCUT2D eigenvalue weighted by atomic mass is 10.00. The summed E-state index contributed by atoms with van der Waals surface area (Å²) in [6.07, 6.45) is 0. The summed E-state index contributed by atoms with van der Waals surface area (Å²) in [5, 5.41) is -0.678. The van der Waals surface area contributed by atoms with Gasteiger partial charge in [0, 0.05) is 25.0 Å². The van der Waals surface area contributed by atoms with E-state index in [9.17, 15) is 12.8 Å². The van der Waals surface area contributed by atoms with E-state index in [0.717, 1.165) is 5.56 Å². The average molecular weight is 349 g/mol. The SMILES string of the molecule is COC[C@@]1(CN)[C@H](S(=O)(=O)c2ccccc2)[C@@H]1c1ccc(F)cc1. The summed E-state index contributed by atoms with van der Waals surface area (Å²) in [5.41, 5.74) is 6.03. The molecule has 0 saturated heterocycles. The first kappa shape index (κ1) is 17.1. The van der Waals surface area contributed by atoms with Crippen LogP contribution in [-0.4, -0.2) is 33.9 Å². The predicted octanol–water partition coefficient (Wildman–Crippen LogP) is 2.36. The fourth-order valence-electron chi connectivity index (χ4n) is 3.62. The zero-order valence-corrected chi connectivity index (χ0v) is 14.2. The van der Waals surface area contributed by atoms with Crippen molar-refractivity contribution in [1.82, 2.24) is 0 Å². The van der Waals surface area contributed by atoms with Crippen molar-refractivity contribution >= 4 is 9.84 Å². The van der Waals surface area contributed by atoms with Gasteiger partial charge < -0.3 is 10.5 Å². The Morgan fingerprint density at radius 1 is 1.12 bits per heavy atom. The highest BCUT2D eigenvalue weighted by Gasteiger charge is 2.70. The van der Waals surface area contributed by atoms with Gasteiger partial charge in [-0.1, -0.05) is 30.3 Å². The fraction of sp³-hybridized carbons (Fsp3) is 0.333. The predicted molar refractivity (Wildman–Crippen MR) is 89.9 cm³/mol. The minimum absolute atomic E-state index is 0.180. The number of hydrogen-bond donors (Lipinski definition) is 1. The summed E-state index contributed by atoms with van der Waals surface area (Å²) in [7, 11) is -2.04. The van der Waals surface area contributed by atoms with Gasteiger partial charge in [-0.05, 0) is 29.8 Å². The van der Waals surface area contributed by atoms with Crippen LogP contribution >= 0.6 is 0 Å². The van der Waals surface area contributed by atoms with E-state index in [1.807, 2.05) is 0 Å². The van der Waals surface area contributed by atoms with E-state index in [2.05, 4.69) is 0 Å². The quantitative estimate of drug-likeness (QED) is 0.869. The van der Waals surface area contributed by atoms with Gasteiger partial charge in [-0.2, -0.15) is 0 Å². The molecule has 3 atom stereocenters. The molecular weight excluding hydrogens is 329 g/mol. The van der Waals surface area contributed by atoms with Crippen molar-refractivity contribution in [3.8, 4) is 0 Å². The molecule has 0 unspecified atom stereocenters. The van der Waals surface area contributed by atoms with Crippen molar-refractivity contribution in [2.75, 3.05) is 20.3 Å². The molecule has 2 N–H and O–H groups in total. The Bertz CT molecular complexity index is 808. The van der Waals surface area contributed by atoms with Crippen LogP contribution in [0.5, 0.6) is 0 Å². The van der Waals surface area contributed by atoms with Crippen LogP contribution in [0.15, 0.2) is 59.5 Å². The van der Waals surface area contributed by atoms with Gasteiger partial charge in [0.25, 0.3) is 0 Å². The molecular formula is C18H20FNO3S. The van der Waals surface area contributed by atoms with Gasteiger partial charge in [-0.15, -0.1) is 0 Å². The number of sulfone groups is 1. The molecule has 0 spiro atoms. The Hall–Kier alpha value is -1.76. The van der Waals surface area contributed by atoms with E-state index in [4.69, 9.17) is 10.5 Å². The first-order valence-corrected chi connectivity index (χ1v) is 9.25. The summed E-state index contributed by atoms with van der Waals surface area (Å²) in [6, 6.07) is 14.3. The Morgan fingerprint density at radius 2 is 1.75 bits per heavy atom. The van der Waals surface area contributed by atoms with Gasteiger partial charge in [-0.25, -0.2) is 12.8 Å². The third kappa shape index (κ3) is 2.64.